The van der Waals surface area contributed by atoms with E-state index in [4.69, 9.17) is 16.3 Å². The van der Waals surface area contributed by atoms with Crippen molar-refractivity contribution in [3.05, 3.63) is 47.0 Å². The van der Waals surface area contributed by atoms with Gasteiger partial charge in [-0.05, 0) is 43.2 Å². The molecule has 0 bridgehead atoms. The molecule has 0 atom stereocenters. The van der Waals surface area contributed by atoms with Crippen LogP contribution in [0.1, 0.15) is 18.4 Å². The number of sulfonamides is 1. The van der Waals surface area contributed by atoms with Crippen LogP contribution in [0.4, 0.5) is 11.4 Å². The van der Waals surface area contributed by atoms with Crippen molar-refractivity contribution in [3.63, 3.8) is 0 Å². The highest BCUT2D eigenvalue weighted by molar-refractivity contribution is 7.92. The van der Waals surface area contributed by atoms with Gasteiger partial charge in [-0.3, -0.25) is 9.52 Å². The normalized spacial score (nSPS) is 14.6. The molecular formula is C18H19ClN2O4S. The second kappa shape index (κ2) is 7.17. The average Bonchev–Trinajstić information content (AvgIpc) is 3.02. The van der Waals surface area contributed by atoms with Crippen LogP contribution in [-0.2, 0) is 14.8 Å². The topological polar surface area (TPSA) is 75.7 Å². The molecule has 0 saturated carbocycles. The quantitative estimate of drug-likeness (QED) is 0.840. The Morgan fingerprint density at radius 3 is 2.58 bits per heavy atom. The Morgan fingerprint density at radius 2 is 1.96 bits per heavy atom. The molecule has 2 aromatic carbocycles. The van der Waals surface area contributed by atoms with Crippen molar-refractivity contribution in [3.8, 4) is 5.75 Å². The highest BCUT2D eigenvalue weighted by Crippen LogP contribution is 2.34. The Balaban J connectivity index is 1.90. The number of anilines is 2. The Bertz CT molecular complexity index is 960. The number of aryl methyl sites for hydroxylation is 1. The summed E-state index contributed by atoms with van der Waals surface area (Å²) in [5.41, 5.74) is 1.78. The predicted octanol–water partition coefficient (Wildman–Crippen LogP) is 3.58. The van der Waals surface area contributed by atoms with Gasteiger partial charge in [-0.2, -0.15) is 0 Å². The summed E-state index contributed by atoms with van der Waals surface area (Å²) in [6.45, 7) is 2.43. The number of benzene rings is 2. The van der Waals surface area contributed by atoms with Crippen molar-refractivity contribution in [1.82, 2.24) is 0 Å². The molecule has 2 aromatic rings. The molecule has 1 amide bonds. The highest BCUT2D eigenvalue weighted by Gasteiger charge is 2.25. The first-order valence-electron chi connectivity index (χ1n) is 8.09. The lowest BCUT2D eigenvalue weighted by Gasteiger charge is -2.20. The van der Waals surface area contributed by atoms with Crippen molar-refractivity contribution >= 4 is 38.9 Å². The highest BCUT2D eigenvalue weighted by atomic mass is 35.5. The van der Waals surface area contributed by atoms with Crippen LogP contribution in [0.5, 0.6) is 5.75 Å². The minimum absolute atomic E-state index is 0.0333. The van der Waals surface area contributed by atoms with Crippen molar-refractivity contribution in [2.45, 2.75) is 24.7 Å². The molecule has 0 unspecified atom stereocenters. The fourth-order valence-corrected chi connectivity index (χ4v) is 4.14. The van der Waals surface area contributed by atoms with Crippen LogP contribution in [0.25, 0.3) is 0 Å². The zero-order valence-electron chi connectivity index (χ0n) is 14.5. The van der Waals surface area contributed by atoms with Crippen LogP contribution >= 0.6 is 11.6 Å². The molecule has 1 saturated heterocycles. The van der Waals surface area contributed by atoms with Crippen molar-refractivity contribution < 1.29 is 17.9 Å². The lowest BCUT2D eigenvalue weighted by atomic mass is 10.2. The minimum atomic E-state index is -3.79. The number of ether oxygens (including phenoxy) is 1. The van der Waals surface area contributed by atoms with E-state index in [-0.39, 0.29) is 10.8 Å². The molecule has 1 heterocycles. The standard InChI is InChI=1S/C18H19ClN2O4S/c1-12-5-7-14(11-15(12)19)26(23,24)20-13-6-8-16(17(10-13)25-2)21-9-3-4-18(21)22/h5-8,10-11,20H,3-4,9H2,1-2H3. The molecule has 8 heteroatoms. The molecule has 1 aliphatic heterocycles. The number of carbonyl (C=O) groups excluding carboxylic acids is 1. The number of hydrogen-bond acceptors (Lipinski definition) is 4. The Kier molecular flexibility index (Phi) is 5.11. The SMILES string of the molecule is COc1cc(NS(=O)(=O)c2ccc(C)c(Cl)c2)ccc1N1CCCC1=O. The third-order valence-electron chi connectivity index (χ3n) is 4.25. The summed E-state index contributed by atoms with van der Waals surface area (Å²) in [4.78, 5) is 13.7. The zero-order valence-corrected chi connectivity index (χ0v) is 16.0. The van der Waals surface area contributed by atoms with Gasteiger partial charge in [0.25, 0.3) is 10.0 Å². The molecular weight excluding hydrogens is 376 g/mol. The number of rotatable bonds is 5. The summed E-state index contributed by atoms with van der Waals surface area (Å²) in [7, 11) is -2.31. The molecule has 138 valence electrons. The monoisotopic (exact) mass is 394 g/mol. The van der Waals surface area contributed by atoms with E-state index < -0.39 is 10.0 Å². The first kappa shape index (κ1) is 18.5. The second-order valence-electron chi connectivity index (χ2n) is 6.05. The number of hydrogen-bond donors (Lipinski definition) is 1. The van der Waals surface area contributed by atoms with Gasteiger partial charge in [0.05, 0.1) is 23.4 Å². The summed E-state index contributed by atoms with van der Waals surface area (Å²) >= 11 is 6.03. The number of carbonyl (C=O) groups is 1. The molecule has 0 radical (unpaired) electrons. The lowest BCUT2D eigenvalue weighted by Crippen LogP contribution is -2.24. The van der Waals surface area contributed by atoms with Gasteiger partial charge in [0.2, 0.25) is 5.91 Å². The predicted molar refractivity (Wildman–Crippen MR) is 102 cm³/mol. The molecule has 1 N–H and O–H groups in total. The van der Waals surface area contributed by atoms with Crippen LogP contribution in [-0.4, -0.2) is 28.0 Å². The third-order valence-corrected chi connectivity index (χ3v) is 6.04. The zero-order chi connectivity index (χ0) is 18.9. The Morgan fingerprint density at radius 1 is 1.19 bits per heavy atom. The smallest absolute Gasteiger partial charge is 0.261 e. The van der Waals surface area contributed by atoms with Gasteiger partial charge in [-0.15, -0.1) is 0 Å². The van der Waals surface area contributed by atoms with Crippen molar-refractivity contribution in [1.29, 1.82) is 0 Å². The largest absolute Gasteiger partial charge is 0.494 e. The van der Waals surface area contributed by atoms with Gasteiger partial charge < -0.3 is 9.64 Å². The molecule has 1 fully saturated rings. The van der Waals surface area contributed by atoms with Crippen LogP contribution in [0, 0.1) is 6.92 Å². The van der Waals surface area contributed by atoms with Gasteiger partial charge in [0, 0.05) is 24.1 Å². The molecule has 0 aromatic heterocycles. The first-order chi connectivity index (χ1) is 12.3. The first-order valence-corrected chi connectivity index (χ1v) is 9.95. The van der Waals surface area contributed by atoms with Crippen LogP contribution in [0.3, 0.4) is 0 Å². The second-order valence-corrected chi connectivity index (χ2v) is 8.14. The maximum atomic E-state index is 12.6. The third kappa shape index (κ3) is 3.64. The summed E-state index contributed by atoms with van der Waals surface area (Å²) < 4.78 is 33.0. The number of nitrogens with zero attached hydrogens (tertiary/aromatic N) is 1. The van der Waals surface area contributed by atoms with Gasteiger partial charge in [-0.1, -0.05) is 17.7 Å². The summed E-state index contributed by atoms with van der Waals surface area (Å²) in [5, 5.41) is 0.383. The van der Waals surface area contributed by atoms with Crippen LogP contribution in [0.15, 0.2) is 41.3 Å². The molecule has 0 spiro atoms. The van der Waals surface area contributed by atoms with Gasteiger partial charge >= 0.3 is 0 Å². The van der Waals surface area contributed by atoms with Gasteiger partial charge in [0.1, 0.15) is 5.75 Å². The number of halogens is 1. The summed E-state index contributed by atoms with van der Waals surface area (Å²) in [6, 6.07) is 9.42. The summed E-state index contributed by atoms with van der Waals surface area (Å²) in [5.74, 6) is 0.466. The lowest BCUT2D eigenvalue weighted by molar-refractivity contribution is -0.117. The van der Waals surface area contributed by atoms with E-state index in [1.54, 1.807) is 36.1 Å². The fourth-order valence-electron chi connectivity index (χ4n) is 2.82. The molecule has 1 aliphatic rings. The minimum Gasteiger partial charge on any atom is -0.494 e. The molecule has 26 heavy (non-hydrogen) atoms. The van der Waals surface area contributed by atoms with Gasteiger partial charge in [-0.25, -0.2) is 8.42 Å². The van der Waals surface area contributed by atoms with E-state index in [2.05, 4.69) is 4.72 Å². The van der Waals surface area contributed by atoms with Gasteiger partial charge in [0.15, 0.2) is 0 Å². The van der Waals surface area contributed by atoms with Crippen molar-refractivity contribution in [2.24, 2.45) is 0 Å². The van der Waals surface area contributed by atoms with E-state index in [0.717, 1.165) is 12.0 Å². The fraction of sp³-hybridized carbons (Fsp3) is 0.278. The maximum Gasteiger partial charge on any atom is 0.261 e. The van der Waals surface area contributed by atoms with E-state index in [0.29, 0.717) is 35.1 Å². The average molecular weight is 395 g/mol. The Hall–Kier alpha value is -2.25. The number of amides is 1. The number of methoxy groups -OCH3 is 1. The van der Waals surface area contributed by atoms with E-state index in [9.17, 15) is 13.2 Å². The number of nitrogens with one attached hydrogen (secondary N) is 1. The van der Waals surface area contributed by atoms with Crippen LogP contribution < -0.4 is 14.4 Å². The molecule has 6 nitrogen and oxygen atoms in total. The molecule has 3 rings (SSSR count). The van der Waals surface area contributed by atoms with E-state index >= 15 is 0 Å². The van der Waals surface area contributed by atoms with E-state index in [1.165, 1.54) is 19.2 Å². The van der Waals surface area contributed by atoms with E-state index in [1.807, 2.05) is 0 Å². The van der Waals surface area contributed by atoms with Crippen LogP contribution in [0.2, 0.25) is 5.02 Å². The Labute approximate surface area is 157 Å². The summed E-state index contributed by atoms with van der Waals surface area (Å²) in [6.07, 6.45) is 1.30. The molecule has 0 aliphatic carbocycles. The maximum absolute atomic E-state index is 12.6. The van der Waals surface area contributed by atoms with Crippen molar-refractivity contribution in [2.75, 3.05) is 23.3 Å².